The summed E-state index contributed by atoms with van der Waals surface area (Å²) in [6, 6.07) is 3.80. The Hall–Kier alpha value is -1.68. The Morgan fingerprint density at radius 1 is 1.37 bits per heavy atom. The van der Waals surface area contributed by atoms with Crippen LogP contribution in [0.25, 0.3) is 5.52 Å². The summed E-state index contributed by atoms with van der Waals surface area (Å²) in [5, 5.41) is 0. The summed E-state index contributed by atoms with van der Waals surface area (Å²) in [7, 11) is 0. The predicted molar refractivity (Wildman–Crippen MR) is 74.7 cm³/mol. The van der Waals surface area contributed by atoms with E-state index in [4.69, 9.17) is 0 Å². The highest BCUT2D eigenvalue weighted by Gasteiger charge is 2.22. The van der Waals surface area contributed by atoms with E-state index in [1.165, 1.54) is 0 Å². The van der Waals surface area contributed by atoms with Crippen molar-refractivity contribution in [2.24, 2.45) is 0 Å². The highest BCUT2D eigenvalue weighted by atomic mass is 16.1. The van der Waals surface area contributed by atoms with E-state index < -0.39 is 0 Å². The molecule has 1 saturated heterocycles. The molecule has 0 aromatic carbocycles. The van der Waals surface area contributed by atoms with E-state index in [0.717, 1.165) is 50.1 Å². The molecule has 1 aliphatic rings. The van der Waals surface area contributed by atoms with E-state index in [1.807, 2.05) is 24.5 Å². The molecule has 0 radical (unpaired) electrons. The second-order valence-corrected chi connectivity index (χ2v) is 5.20. The molecular weight excluding hydrogens is 238 g/mol. The number of hydrogen-bond acceptors (Lipinski definition) is 3. The van der Waals surface area contributed by atoms with Gasteiger partial charge < -0.3 is 9.30 Å². The van der Waals surface area contributed by atoms with Crippen molar-refractivity contribution in [3.8, 4) is 0 Å². The molecule has 100 valence electrons. The molecule has 0 unspecified atom stereocenters. The van der Waals surface area contributed by atoms with Gasteiger partial charge in [-0.05, 0) is 44.6 Å². The molecule has 2 aromatic rings. The fourth-order valence-electron chi connectivity index (χ4n) is 2.91. The van der Waals surface area contributed by atoms with Crippen LogP contribution in [0.1, 0.15) is 41.9 Å². The first-order chi connectivity index (χ1) is 9.31. The van der Waals surface area contributed by atoms with Gasteiger partial charge in [0.1, 0.15) is 5.82 Å². The molecule has 4 heteroatoms. The van der Waals surface area contributed by atoms with E-state index in [-0.39, 0.29) is 0 Å². The van der Waals surface area contributed by atoms with Gasteiger partial charge in [-0.3, -0.25) is 4.79 Å². The number of nitrogens with zero attached hydrogens (tertiary/aromatic N) is 3. The molecular formula is C15H19N3O. The van der Waals surface area contributed by atoms with Gasteiger partial charge in [0.15, 0.2) is 6.29 Å². The minimum atomic E-state index is 0.507. The van der Waals surface area contributed by atoms with Gasteiger partial charge in [0.25, 0.3) is 0 Å². The topological polar surface area (TPSA) is 37.6 Å². The maximum Gasteiger partial charge on any atom is 0.151 e. The second kappa shape index (κ2) is 5.13. The number of piperidine rings is 1. The lowest BCUT2D eigenvalue weighted by Crippen LogP contribution is -2.33. The summed E-state index contributed by atoms with van der Waals surface area (Å²) in [4.78, 5) is 18.0. The summed E-state index contributed by atoms with van der Waals surface area (Å²) in [5.74, 6) is 1.61. The number of aromatic nitrogens is 2. The quantitative estimate of drug-likeness (QED) is 0.792. The average Bonchev–Trinajstić information content (AvgIpc) is 2.90. The van der Waals surface area contributed by atoms with Crippen molar-refractivity contribution in [1.82, 2.24) is 14.3 Å². The second-order valence-electron chi connectivity index (χ2n) is 5.20. The highest BCUT2D eigenvalue weighted by Crippen LogP contribution is 2.27. The van der Waals surface area contributed by atoms with Crippen LogP contribution in [0.15, 0.2) is 24.5 Å². The number of carbonyl (C=O) groups excluding carboxylic acids is 1. The molecule has 0 saturated carbocycles. The maximum atomic E-state index is 10.9. The zero-order valence-corrected chi connectivity index (χ0v) is 11.2. The number of rotatable bonds is 3. The van der Waals surface area contributed by atoms with E-state index in [9.17, 15) is 4.79 Å². The predicted octanol–water partition coefficient (Wildman–Crippen LogP) is 2.35. The lowest BCUT2D eigenvalue weighted by Gasteiger charge is -2.30. The molecule has 0 spiro atoms. The lowest BCUT2D eigenvalue weighted by atomic mass is 9.96. The first-order valence-corrected chi connectivity index (χ1v) is 6.96. The van der Waals surface area contributed by atoms with Gasteiger partial charge in [-0.2, -0.15) is 0 Å². The molecule has 3 heterocycles. The van der Waals surface area contributed by atoms with Gasteiger partial charge in [-0.25, -0.2) is 4.98 Å². The highest BCUT2D eigenvalue weighted by molar-refractivity contribution is 5.75. The van der Waals surface area contributed by atoms with Crippen LogP contribution >= 0.6 is 0 Å². The number of carbonyl (C=O) groups is 1. The Balaban J connectivity index is 1.90. The zero-order chi connectivity index (χ0) is 13.2. The van der Waals surface area contributed by atoms with Crippen molar-refractivity contribution in [2.45, 2.75) is 25.7 Å². The first kappa shape index (κ1) is 12.4. The zero-order valence-electron chi connectivity index (χ0n) is 11.2. The van der Waals surface area contributed by atoms with E-state index in [1.54, 1.807) is 0 Å². The van der Waals surface area contributed by atoms with Gasteiger partial charge in [0.05, 0.1) is 11.7 Å². The van der Waals surface area contributed by atoms with Crippen molar-refractivity contribution in [3.63, 3.8) is 0 Å². The third kappa shape index (κ3) is 2.28. The molecule has 2 aromatic heterocycles. The van der Waals surface area contributed by atoms with Crippen LogP contribution in [0, 0.1) is 0 Å². The molecule has 0 N–H and O–H groups in total. The minimum absolute atomic E-state index is 0.507. The molecule has 0 amide bonds. The van der Waals surface area contributed by atoms with Crippen LogP contribution in [0.4, 0.5) is 0 Å². The third-order valence-electron chi connectivity index (χ3n) is 4.11. The standard InChI is InChI=1S/C15H19N3O/c1-2-17-7-5-13(6-8-17)15-16-9-14-4-3-12(11-19)10-18(14)15/h3-4,9-11,13H,2,5-8H2,1H3. The number of hydrogen-bond donors (Lipinski definition) is 0. The van der Waals surface area contributed by atoms with E-state index in [2.05, 4.69) is 21.2 Å². The van der Waals surface area contributed by atoms with Gasteiger partial charge in [0, 0.05) is 17.7 Å². The van der Waals surface area contributed by atoms with Crippen molar-refractivity contribution in [3.05, 3.63) is 35.9 Å². The SMILES string of the molecule is CCN1CCC(c2ncc3ccc(C=O)cn23)CC1. The van der Waals surface area contributed by atoms with Crippen LogP contribution in [-0.2, 0) is 0 Å². The van der Waals surface area contributed by atoms with Gasteiger partial charge >= 0.3 is 0 Å². The van der Waals surface area contributed by atoms with Crippen LogP contribution in [-0.4, -0.2) is 40.2 Å². The normalized spacial score (nSPS) is 17.9. The van der Waals surface area contributed by atoms with Crippen molar-refractivity contribution in [2.75, 3.05) is 19.6 Å². The van der Waals surface area contributed by atoms with Gasteiger partial charge in [-0.1, -0.05) is 6.92 Å². The molecule has 0 atom stereocenters. The Labute approximate surface area is 113 Å². The van der Waals surface area contributed by atoms with E-state index in [0.29, 0.717) is 11.5 Å². The van der Waals surface area contributed by atoms with Gasteiger partial charge in [0.2, 0.25) is 0 Å². The largest absolute Gasteiger partial charge is 0.304 e. The number of likely N-dealkylation sites (tertiary alicyclic amines) is 1. The fraction of sp³-hybridized carbons (Fsp3) is 0.467. The Bertz CT molecular complexity index is 582. The number of imidazole rings is 1. The van der Waals surface area contributed by atoms with Crippen LogP contribution in [0.3, 0.4) is 0 Å². The van der Waals surface area contributed by atoms with Crippen molar-refractivity contribution < 1.29 is 4.79 Å². The number of fused-ring (bicyclic) bond motifs is 1. The minimum Gasteiger partial charge on any atom is -0.304 e. The molecule has 1 fully saturated rings. The first-order valence-electron chi connectivity index (χ1n) is 6.96. The third-order valence-corrected chi connectivity index (χ3v) is 4.11. The summed E-state index contributed by atoms with van der Waals surface area (Å²) in [6.07, 6.45) is 6.99. The molecule has 19 heavy (non-hydrogen) atoms. The van der Waals surface area contributed by atoms with E-state index >= 15 is 0 Å². The molecule has 4 nitrogen and oxygen atoms in total. The van der Waals surface area contributed by atoms with Crippen LogP contribution < -0.4 is 0 Å². The summed E-state index contributed by atoms with van der Waals surface area (Å²) < 4.78 is 2.08. The summed E-state index contributed by atoms with van der Waals surface area (Å²) >= 11 is 0. The Kier molecular flexibility index (Phi) is 3.34. The Morgan fingerprint density at radius 3 is 2.84 bits per heavy atom. The Morgan fingerprint density at radius 2 is 2.16 bits per heavy atom. The summed E-state index contributed by atoms with van der Waals surface area (Å²) in [5.41, 5.74) is 1.77. The van der Waals surface area contributed by atoms with Crippen LogP contribution in [0.5, 0.6) is 0 Å². The number of aldehydes is 1. The fourth-order valence-corrected chi connectivity index (χ4v) is 2.91. The molecule has 3 rings (SSSR count). The summed E-state index contributed by atoms with van der Waals surface area (Å²) in [6.45, 7) is 5.62. The molecule has 0 bridgehead atoms. The maximum absolute atomic E-state index is 10.9. The molecule has 1 aliphatic heterocycles. The van der Waals surface area contributed by atoms with Crippen molar-refractivity contribution >= 4 is 11.8 Å². The number of pyridine rings is 1. The smallest absolute Gasteiger partial charge is 0.151 e. The lowest BCUT2D eigenvalue weighted by molar-refractivity contribution is 0.112. The van der Waals surface area contributed by atoms with Gasteiger partial charge in [-0.15, -0.1) is 0 Å². The molecule has 0 aliphatic carbocycles. The monoisotopic (exact) mass is 257 g/mol. The average molecular weight is 257 g/mol. The van der Waals surface area contributed by atoms with Crippen LogP contribution in [0.2, 0.25) is 0 Å². The van der Waals surface area contributed by atoms with Crippen molar-refractivity contribution in [1.29, 1.82) is 0 Å².